The molecule has 0 saturated heterocycles. The number of allylic oxidation sites excluding steroid dienone is 1. The van der Waals surface area contributed by atoms with E-state index in [1.54, 1.807) is 11.3 Å². The second kappa shape index (κ2) is 7.70. The van der Waals surface area contributed by atoms with Gasteiger partial charge in [0.2, 0.25) is 0 Å². The summed E-state index contributed by atoms with van der Waals surface area (Å²) in [6.07, 6.45) is 5.63. The number of nitriles is 1. The standard InChI is InChI=1S/C32H22N2S/c1-20-14-15-30-26(16-20)23-9-3-6-12-29(23)34(30)28-11-5-2-8-22(28)25-18-27-24-10-4-7-13-31(24)35-32(27)17-21(25)19-33/h2-15,17-18,20H,16H2,1H3. The van der Waals surface area contributed by atoms with E-state index >= 15 is 0 Å². The Morgan fingerprint density at radius 3 is 2.49 bits per heavy atom. The maximum absolute atomic E-state index is 10.2. The molecule has 3 heteroatoms. The molecule has 0 amide bonds. The van der Waals surface area contributed by atoms with E-state index in [-0.39, 0.29) is 0 Å². The summed E-state index contributed by atoms with van der Waals surface area (Å²) in [6, 6.07) is 32.5. The van der Waals surface area contributed by atoms with Gasteiger partial charge in [-0.15, -0.1) is 11.3 Å². The summed E-state index contributed by atoms with van der Waals surface area (Å²) in [5, 5.41) is 13.9. The number of rotatable bonds is 2. The summed E-state index contributed by atoms with van der Waals surface area (Å²) in [5.41, 5.74) is 7.76. The Hall–Kier alpha value is -4.13. The highest BCUT2D eigenvalue weighted by atomic mass is 32.1. The highest BCUT2D eigenvalue weighted by Crippen LogP contribution is 2.42. The van der Waals surface area contributed by atoms with Crippen molar-refractivity contribution in [2.75, 3.05) is 0 Å². The SMILES string of the molecule is CC1C=Cc2c(c3ccccc3n2-c2ccccc2-c2cc3c(cc2C#N)sc2ccccc23)C1. The minimum Gasteiger partial charge on any atom is -0.309 e. The second-order valence-electron chi connectivity index (χ2n) is 9.38. The van der Waals surface area contributed by atoms with E-state index in [2.05, 4.69) is 115 Å². The van der Waals surface area contributed by atoms with Crippen LogP contribution < -0.4 is 0 Å². The summed E-state index contributed by atoms with van der Waals surface area (Å²) in [4.78, 5) is 0. The van der Waals surface area contributed by atoms with Gasteiger partial charge in [-0.1, -0.05) is 67.6 Å². The van der Waals surface area contributed by atoms with Crippen molar-refractivity contribution in [1.29, 1.82) is 5.26 Å². The molecular formula is C32H22N2S. The first-order valence-electron chi connectivity index (χ1n) is 12.0. The molecule has 35 heavy (non-hydrogen) atoms. The molecule has 0 aliphatic heterocycles. The second-order valence-corrected chi connectivity index (χ2v) is 10.5. The molecule has 0 fully saturated rings. The molecule has 4 aromatic carbocycles. The Labute approximate surface area is 208 Å². The van der Waals surface area contributed by atoms with Crippen LogP contribution in [-0.2, 0) is 6.42 Å². The Kier molecular flexibility index (Phi) is 4.46. The number of para-hydroxylation sites is 2. The minimum absolute atomic E-state index is 0.525. The van der Waals surface area contributed by atoms with Gasteiger partial charge in [0.05, 0.1) is 22.8 Å². The Balaban J connectivity index is 1.55. The average Bonchev–Trinajstić information content (AvgIpc) is 3.42. The molecular weight excluding hydrogens is 444 g/mol. The van der Waals surface area contributed by atoms with Crippen LogP contribution in [-0.4, -0.2) is 4.57 Å². The Bertz CT molecular complexity index is 1860. The van der Waals surface area contributed by atoms with E-state index in [4.69, 9.17) is 0 Å². The van der Waals surface area contributed by atoms with Gasteiger partial charge in [0.25, 0.3) is 0 Å². The zero-order valence-corrected chi connectivity index (χ0v) is 20.1. The van der Waals surface area contributed by atoms with E-state index in [1.165, 1.54) is 37.6 Å². The van der Waals surface area contributed by atoms with Crippen molar-refractivity contribution in [3.63, 3.8) is 0 Å². The molecule has 166 valence electrons. The van der Waals surface area contributed by atoms with E-state index in [1.807, 2.05) is 0 Å². The molecule has 7 rings (SSSR count). The van der Waals surface area contributed by atoms with Gasteiger partial charge in [-0.25, -0.2) is 0 Å². The first-order valence-corrected chi connectivity index (χ1v) is 12.8. The van der Waals surface area contributed by atoms with Crippen LogP contribution in [0.15, 0.2) is 91.0 Å². The predicted octanol–water partition coefficient (Wildman–Crippen LogP) is 8.74. The maximum atomic E-state index is 10.2. The third-order valence-corrected chi connectivity index (χ3v) is 8.33. The molecule has 0 bridgehead atoms. The molecule has 2 aromatic heterocycles. The lowest BCUT2D eigenvalue weighted by atomic mass is 9.93. The molecule has 0 spiro atoms. The smallest absolute Gasteiger partial charge is 0.0998 e. The van der Waals surface area contributed by atoms with Crippen LogP contribution in [0.2, 0.25) is 0 Å². The molecule has 2 nitrogen and oxygen atoms in total. The van der Waals surface area contributed by atoms with Crippen LogP contribution in [0.25, 0.3) is 54.0 Å². The Morgan fingerprint density at radius 2 is 1.60 bits per heavy atom. The fourth-order valence-electron chi connectivity index (χ4n) is 5.60. The van der Waals surface area contributed by atoms with E-state index in [0.717, 1.165) is 27.9 Å². The number of hydrogen-bond acceptors (Lipinski definition) is 2. The van der Waals surface area contributed by atoms with Crippen LogP contribution in [0.1, 0.15) is 23.7 Å². The van der Waals surface area contributed by atoms with Gasteiger partial charge in [-0.2, -0.15) is 5.26 Å². The van der Waals surface area contributed by atoms with Gasteiger partial charge in [-0.3, -0.25) is 0 Å². The third kappa shape index (κ3) is 3.00. The molecule has 0 N–H and O–H groups in total. The van der Waals surface area contributed by atoms with Crippen LogP contribution in [0.4, 0.5) is 0 Å². The first-order chi connectivity index (χ1) is 17.2. The normalized spacial score (nSPS) is 15.0. The van der Waals surface area contributed by atoms with Crippen molar-refractivity contribution < 1.29 is 0 Å². The number of thiophene rings is 1. The van der Waals surface area contributed by atoms with E-state index in [0.29, 0.717) is 11.5 Å². The monoisotopic (exact) mass is 466 g/mol. The summed E-state index contributed by atoms with van der Waals surface area (Å²) in [7, 11) is 0. The number of hydrogen-bond donors (Lipinski definition) is 0. The quantitative estimate of drug-likeness (QED) is 0.251. The number of fused-ring (bicyclic) bond motifs is 6. The van der Waals surface area contributed by atoms with Crippen LogP contribution in [0, 0.1) is 17.2 Å². The van der Waals surface area contributed by atoms with Crippen LogP contribution in [0.3, 0.4) is 0 Å². The molecule has 2 heterocycles. The van der Waals surface area contributed by atoms with Crippen molar-refractivity contribution in [3.05, 3.63) is 108 Å². The van der Waals surface area contributed by atoms with Gasteiger partial charge in [-0.05, 0) is 54.3 Å². The highest BCUT2D eigenvalue weighted by Gasteiger charge is 2.23. The zero-order chi connectivity index (χ0) is 23.5. The lowest BCUT2D eigenvalue weighted by Gasteiger charge is -2.18. The lowest BCUT2D eigenvalue weighted by Crippen LogP contribution is -2.06. The lowest BCUT2D eigenvalue weighted by molar-refractivity contribution is 0.718. The largest absolute Gasteiger partial charge is 0.309 e. The molecule has 1 aliphatic rings. The fourth-order valence-corrected chi connectivity index (χ4v) is 6.73. The van der Waals surface area contributed by atoms with Crippen LogP contribution in [0.5, 0.6) is 0 Å². The first kappa shape index (κ1) is 20.3. The van der Waals surface area contributed by atoms with Crippen molar-refractivity contribution in [3.8, 4) is 22.9 Å². The fraction of sp³-hybridized carbons (Fsp3) is 0.0938. The van der Waals surface area contributed by atoms with Gasteiger partial charge in [0.15, 0.2) is 0 Å². The predicted molar refractivity (Wildman–Crippen MR) is 148 cm³/mol. The van der Waals surface area contributed by atoms with Crippen molar-refractivity contribution in [1.82, 2.24) is 4.57 Å². The van der Waals surface area contributed by atoms with Gasteiger partial charge in [0, 0.05) is 42.4 Å². The molecule has 1 unspecified atom stereocenters. The molecule has 6 aromatic rings. The van der Waals surface area contributed by atoms with Crippen molar-refractivity contribution in [2.24, 2.45) is 5.92 Å². The topological polar surface area (TPSA) is 28.7 Å². The average molecular weight is 467 g/mol. The van der Waals surface area contributed by atoms with Crippen molar-refractivity contribution >= 4 is 48.5 Å². The van der Waals surface area contributed by atoms with Crippen LogP contribution >= 0.6 is 11.3 Å². The third-order valence-electron chi connectivity index (χ3n) is 7.20. The van der Waals surface area contributed by atoms with Gasteiger partial charge < -0.3 is 4.57 Å². The number of nitrogens with zero attached hydrogens (tertiary/aromatic N) is 2. The maximum Gasteiger partial charge on any atom is 0.0998 e. The summed E-state index contributed by atoms with van der Waals surface area (Å²) >= 11 is 1.75. The summed E-state index contributed by atoms with van der Waals surface area (Å²) in [5.74, 6) is 0.525. The molecule has 1 atom stereocenters. The summed E-state index contributed by atoms with van der Waals surface area (Å²) in [6.45, 7) is 2.28. The highest BCUT2D eigenvalue weighted by molar-refractivity contribution is 7.25. The van der Waals surface area contributed by atoms with Gasteiger partial charge >= 0.3 is 0 Å². The minimum atomic E-state index is 0.525. The Morgan fingerprint density at radius 1 is 0.829 bits per heavy atom. The van der Waals surface area contributed by atoms with E-state index < -0.39 is 0 Å². The van der Waals surface area contributed by atoms with Crippen molar-refractivity contribution in [2.45, 2.75) is 13.3 Å². The van der Waals surface area contributed by atoms with E-state index in [9.17, 15) is 5.26 Å². The molecule has 0 radical (unpaired) electrons. The zero-order valence-electron chi connectivity index (χ0n) is 19.3. The summed E-state index contributed by atoms with van der Waals surface area (Å²) < 4.78 is 4.80. The van der Waals surface area contributed by atoms with Gasteiger partial charge in [0.1, 0.15) is 0 Å². The molecule has 0 saturated carbocycles. The molecule has 1 aliphatic carbocycles. The number of benzene rings is 4. The number of aromatic nitrogens is 1.